The first-order valence-corrected chi connectivity index (χ1v) is 8.61. The predicted molar refractivity (Wildman–Crippen MR) is 86.4 cm³/mol. The van der Waals surface area contributed by atoms with E-state index in [9.17, 15) is 0 Å². The molecular weight excluding hydrogens is 280 g/mol. The maximum atomic E-state index is 5.68. The van der Waals surface area contributed by atoms with Crippen LogP contribution in [-0.2, 0) is 0 Å². The molecule has 2 heterocycles. The van der Waals surface area contributed by atoms with Crippen LogP contribution in [0, 0.1) is 6.92 Å². The van der Waals surface area contributed by atoms with Crippen LogP contribution < -0.4 is 0 Å². The number of benzene rings is 1. The molecule has 2 aliphatic rings. The average Bonchev–Trinajstić information content (AvgIpc) is 2.81. The average molecular weight is 294 g/mol. The number of thioether (sulfide) groups is 2. The van der Waals surface area contributed by atoms with Crippen LogP contribution >= 0.6 is 35.7 Å². The number of hydrogen-bond donors (Lipinski definition) is 0. The maximum Gasteiger partial charge on any atom is 0.112 e. The topological polar surface area (TPSA) is 15.6 Å². The van der Waals surface area contributed by atoms with E-state index in [1.165, 1.54) is 10.6 Å². The van der Waals surface area contributed by atoms with E-state index in [0.717, 1.165) is 27.9 Å². The fourth-order valence-electron chi connectivity index (χ4n) is 2.30. The number of aryl methyl sites for hydroxylation is 1. The van der Waals surface area contributed by atoms with E-state index in [4.69, 9.17) is 17.2 Å². The molecule has 3 rings (SSSR count). The van der Waals surface area contributed by atoms with E-state index in [0.29, 0.717) is 6.04 Å². The van der Waals surface area contributed by atoms with Crippen LogP contribution in [0.3, 0.4) is 0 Å². The molecule has 2 aliphatic heterocycles. The highest BCUT2D eigenvalue weighted by Gasteiger charge is 2.34. The molecule has 0 amide bonds. The van der Waals surface area contributed by atoms with E-state index in [-0.39, 0.29) is 0 Å². The van der Waals surface area contributed by atoms with Crippen LogP contribution in [0.5, 0.6) is 0 Å². The highest BCUT2D eigenvalue weighted by Crippen LogP contribution is 2.35. The van der Waals surface area contributed by atoms with Gasteiger partial charge in [0.1, 0.15) is 4.99 Å². The van der Waals surface area contributed by atoms with Gasteiger partial charge in [-0.2, -0.15) is 0 Å². The van der Waals surface area contributed by atoms with Gasteiger partial charge in [-0.25, -0.2) is 4.99 Å². The van der Waals surface area contributed by atoms with Gasteiger partial charge in [-0.05, 0) is 25.3 Å². The summed E-state index contributed by atoms with van der Waals surface area (Å²) in [5.74, 6) is 2.07. The van der Waals surface area contributed by atoms with Crippen molar-refractivity contribution in [1.82, 2.24) is 4.90 Å². The minimum atomic E-state index is 0.366. The first-order chi connectivity index (χ1) is 8.70. The molecule has 1 aromatic carbocycles. The lowest BCUT2D eigenvalue weighted by Crippen LogP contribution is -2.39. The van der Waals surface area contributed by atoms with Crippen LogP contribution in [0.1, 0.15) is 11.1 Å². The highest BCUT2D eigenvalue weighted by atomic mass is 32.2. The molecule has 0 N–H and O–H groups in total. The van der Waals surface area contributed by atoms with Gasteiger partial charge in [-0.3, -0.25) is 0 Å². The number of fused-ring (bicyclic) bond motifs is 2. The second-order valence-electron chi connectivity index (χ2n) is 4.47. The molecule has 0 unspecified atom stereocenters. The van der Waals surface area contributed by atoms with E-state index < -0.39 is 0 Å². The first-order valence-electron chi connectivity index (χ1n) is 5.82. The van der Waals surface area contributed by atoms with Crippen molar-refractivity contribution in [1.29, 1.82) is 0 Å². The Balaban J connectivity index is 2.16. The smallest absolute Gasteiger partial charge is 0.112 e. The first kappa shape index (κ1) is 12.5. The fourth-order valence-corrected chi connectivity index (χ4v) is 4.68. The number of aliphatic imine (C=N–C) groups is 1. The van der Waals surface area contributed by atoms with E-state index in [1.54, 1.807) is 11.8 Å². The highest BCUT2D eigenvalue weighted by molar-refractivity contribution is 8.13. The van der Waals surface area contributed by atoms with E-state index in [2.05, 4.69) is 36.3 Å². The summed E-state index contributed by atoms with van der Waals surface area (Å²) in [7, 11) is 0. The lowest BCUT2D eigenvalue weighted by Gasteiger charge is -2.24. The summed E-state index contributed by atoms with van der Waals surface area (Å²) < 4.78 is 0. The van der Waals surface area contributed by atoms with Gasteiger partial charge in [-0.1, -0.05) is 23.8 Å². The Morgan fingerprint density at radius 1 is 1.50 bits per heavy atom. The Kier molecular flexibility index (Phi) is 3.38. The molecule has 1 fully saturated rings. The van der Waals surface area contributed by atoms with E-state index in [1.807, 2.05) is 11.8 Å². The summed E-state index contributed by atoms with van der Waals surface area (Å²) in [6, 6.07) is 6.71. The Hall–Kier alpha value is -0.520. The quantitative estimate of drug-likeness (QED) is 0.681. The zero-order chi connectivity index (χ0) is 12.7. The molecule has 0 saturated carbocycles. The van der Waals surface area contributed by atoms with Gasteiger partial charge in [-0.15, -0.1) is 23.5 Å². The monoisotopic (exact) mass is 294 g/mol. The Labute approximate surface area is 121 Å². The molecule has 94 valence electrons. The standard InChI is InChI=1S/C13H14N2S3/c1-8-3-4-10-9(5-8)13(16)15-7-18-6-11(15)12(14-10)17-2/h3-5,11H,6-7H2,1-2H3/t11-/m0/s1. The third-order valence-corrected chi connectivity index (χ3v) is 5.50. The Morgan fingerprint density at radius 2 is 2.33 bits per heavy atom. The molecule has 0 spiro atoms. The van der Waals surface area contributed by atoms with Crippen LogP contribution in [0.25, 0.3) is 0 Å². The van der Waals surface area contributed by atoms with Gasteiger partial charge in [0.25, 0.3) is 0 Å². The summed E-state index contributed by atoms with van der Waals surface area (Å²) in [4.78, 5) is 8.10. The van der Waals surface area contributed by atoms with Gasteiger partial charge in [0.2, 0.25) is 0 Å². The SMILES string of the molecule is CSC1=Nc2ccc(C)cc2C(=S)N2CSC[C@@H]12. The summed E-state index contributed by atoms with van der Waals surface area (Å²) in [6.45, 7) is 2.10. The zero-order valence-corrected chi connectivity index (χ0v) is 12.8. The summed E-state index contributed by atoms with van der Waals surface area (Å²) in [6.07, 6.45) is 2.10. The van der Waals surface area contributed by atoms with Crippen molar-refractivity contribution in [3.8, 4) is 0 Å². The van der Waals surface area contributed by atoms with Crippen molar-refractivity contribution in [2.75, 3.05) is 17.9 Å². The normalized spacial score (nSPS) is 22.3. The molecule has 1 saturated heterocycles. The zero-order valence-electron chi connectivity index (χ0n) is 10.3. The molecular formula is C13H14N2S3. The maximum absolute atomic E-state index is 5.68. The van der Waals surface area contributed by atoms with Crippen LogP contribution in [-0.4, -0.2) is 38.9 Å². The van der Waals surface area contributed by atoms with Gasteiger partial charge in [0.05, 0.1) is 22.6 Å². The molecule has 0 radical (unpaired) electrons. The van der Waals surface area contributed by atoms with Crippen molar-refractivity contribution in [3.05, 3.63) is 29.3 Å². The Bertz CT molecular complexity index is 539. The molecule has 1 atom stereocenters. The summed E-state index contributed by atoms with van der Waals surface area (Å²) >= 11 is 9.35. The van der Waals surface area contributed by atoms with Gasteiger partial charge in [0.15, 0.2) is 0 Å². The lowest BCUT2D eigenvalue weighted by molar-refractivity contribution is 0.499. The van der Waals surface area contributed by atoms with E-state index >= 15 is 0 Å². The predicted octanol–water partition coefficient (Wildman–Crippen LogP) is 3.45. The third-order valence-electron chi connectivity index (χ3n) is 3.25. The van der Waals surface area contributed by atoms with Gasteiger partial charge in [0, 0.05) is 11.3 Å². The van der Waals surface area contributed by atoms with Crippen LogP contribution in [0.15, 0.2) is 23.2 Å². The molecule has 18 heavy (non-hydrogen) atoms. The minimum absolute atomic E-state index is 0.366. The minimum Gasteiger partial charge on any atom is -0.343 e. The molecule has 0 aromatic heterocycles. The van der Waals surface area contributed by atoms with Crippen molar-refractivity contribution in [2.45, 2.75) is 13.0 Å². The molecule has 2 nitrogen and oxygen atoms in total. The second kappa shape index (κ2) is 4.87. The van der Waals surface area contributed by atoms with Gasteiger partial charge >= 0.3 is 0 Å². The van der Waals surface area contributed by atoms with Crippen LogP contribution in [0.4, 0.5) is 5.69 Å². The molecule has 0 bridgehead atoms. The Morgan fingerprint density at radius 3 is 3.11 bits per heavy atom. The number of rotatable bonds is 0. The lowest BCUT2D eigenvalue weighted by atomic mass is 10.1. The fraction of sp³-hybridized carbons (Fsp3) is 0.385. The van der Waals surface area contributed by atoms with Crippen LogP contribution in [0.2, 0.25) is 0 Å². The largest absolute Gasteiger partial charge is 0.343 e. The second-order valence-corrected chi connectivity index (χ2v) is 6.68. The van der Waals surface area contributed by atoms with Crippen molar-refractivity contribution >= 4 is 51.5 Å². The number of thiocarbonyl (C=S) groups is 1. The van der Waals surface area contributed by atoms with Crippen molar-refractivity contribution < 1.29 is 0 Å². The summed E-state index contributed by atoms with van der Waals surface area (Å²) in [5, 5.41) is 1.19. The van der Waals surface area contributed by atoms with Crippen molar-refractivity contribution in [3.63, 3.8) is 0 Å². The van der Waals surface area contributed by atoms with Crippen molar-refractivity contribution in [2.24, 2.45) is 4.99 Å². The number of hydrogen-bond acceptors (Lipinski definition) is 4. The molecule has 0 aliphatic carbocycles. The van der Waals surface area contributed by atoms with Gasteiger partial charge < -0.3 is 4.90 Å². The molecule has 5 heteroatoms. The summed E-state index contributed by atoms with van der Waals surface area (Å²) in [5.41, 5.74) is 3.37. The molecule has 1 aromatic rings. The third kappa shape index (κ3) is 1.98. The number of nitrogens with zero attached hydrogens (tertiary/aromatic N) is 2.